The molecule has 4 rings (SSSR count). The van der Waals surface area contributed by atoms with Crippen molar-refractivity contribution in [3.8, 4) is 10.6 Å². The van der Waals surface area contributed by atoms with E-state index in [9.17, 15) is 4.79 Å². The van der Waals surface area contributed by atoms with Crippen molar-refractivity contribution in [3.05, 3.63) is 72.4 Å². The Morgan fingerprint density at radius 3 is 2.38 bits per heavy atom. The highest BCUT2D eigenvalue weighted by Gasteiger charge is 2.09. The molecule has 0 unspecified atom stereocenters. The summed E-state index contributed by atoms with van der Waals surface area (Å²) in [5, 5.41) is 6.86. The van der Waals surface area contributed by atoms with Gasteiger partial charge in [-0.25, -0.2) is 9.97 Å². The third kappa shape index (κ3) is 3.27. The van der Waals surface area contributed by atoms with Crippen molar-refractivity contribution in [1.82, 2.24) is 9.97 Å². The van der Waals surface area contributed by atoms with Crippen molar-refractivity contribution in [2.45, 2.75) is 0 Å². The van der Waals surface area contributed by atoms with Crippen LogP contribution in [-0.4, -0.2) is 22.9 Å². The number of anilines is 2. The molecule has 0 aliphatic rings. The monoisotopic (exact) mass is 360 g/mol. The van der Waals surface area contributed by atoms with Gasteiger partial charge in [0.25, 0.3) is 5.91 Å². The van der Waals surface area contributed by atoms with E-state index in [0.717, 1.165) is 32.3 Å². The van der Waals surface area contributed by atoms with Crippen molar-refractivity contribution < 1.29 is 4.79 Å². The van der Waals surface area contributed by atoms with Gasteiger partial charge in [-0.2, -0.15) is 0 Å². The minimum absolute atomic E-state index is 0.135. The van der Waals surface area contributed by atoms with Gasteiger partial charge in [0.1, 0.15) is 15.4 Å². The van der Waals surface area contributed by atoms with E-state index >= 15 is 0 Å². The lowest BCUT2D eigenvalue weighted by Crippen LogP contribution is -2.11. The average Bonchev–Trinajstić information content (AvgIpc) is 3.13. The van der Waals surface area contributed by atoms with Crippen molar-refractivity contribution in [2.75, 3.05) is 17.7 Å². The molecule has 5 nitrogen and oxygen atoms in total. The summed E-state index contributed by atoms with van der Waals surface area (Å²) in [7, 11) is 1.85. The van der Waals surface area contributed by atoms with E-state index in [1.54, 1.807) is 29.7 Å². The summed E-state index contributed by atoms with van der Waals surface area (Å²) in [5.74, 6) is -0.135. The number of nitrogens with one attached hydrogen (secondary N) is 2. The zero-order valence-electron chi connectivity index (χ0n) is 14.1. The fourth-order valence-corrected chi connectivity index (χ4v) is 3.49. The Kier molecular flexibility index (Phi) is 4.33. The van der Waals surface area contributed by atoms with Crippen molar-refractivity contribution in [3.63, 3.8) is 0 Å². The molecule has 0 saturated heterocycles. The zero-order chi connectivity index (χ0) is 17.9. The predicted molar refractivity (Wildman–Crippen MR) is 107 cm³/mol. The number of hydrogen-bond acceptors (Lipinski definition) is 5. The maximum absolute atomic E-state index is 12.3. The fraction of sp³-hybridized carbons (Fsp3) is 0.0500. The Hall–Kier alpha value is -3.25. The number of fused-ring (bicyclic) bond motifs is 1. The molecule has 4 aromatic rings. The summed E-state index contributed by atoms with van der Waals surface area (Å²) in [5.41, 5.74) is 4.23. The largest absolute Gasteiger partial charge is 0.388 e. The van der Waals surface area contributed by atoms with Gasteiger partial charge in [0.05, 0.1) is 0 Å². The Morgan fingerprint density at radius 2 is 1.69 bits per heavy atom. The standard InChI is InChI=1S/C20H16N4OS/c1-21-15-8-4-13(5-9-15)18(25)23-16-10-6-14(7-11-16)19-24-17-3-2-12-22-20(17)26-19/h2-12,21H,1H3,(H,23,25). The van der Waals surface area contributed by atoms with E-state index in [1.165, 1.54) is 0 Å². The van der Waals surface area contributed by atoms with Gasteiger partial charge in [0.15, 0.2) is 0 Å². The van der Waals surface area contributed by atoms with E-state index in [4.69, 9.17) is 0 Å². The first-order chi connectivity index (χ1) is 12.7. The molecule has 0 radical (unpaired) electrons. The molecular weight excluding hydrogens is 344 g/mol. The van der Waals surface area contributed by atoms with Crippen LogP contribution in [0.15, 0.2) is 66.9 Å². The lowest BCUT2D eigenvalue weighted by molar-refractivity contribution is 0.102. The van der Waals surface area contributed by atoms with Crippen LogP contribution in [0.3, 0.4) is 0 Å². The molecule has 6 heteroatoms. The minimum atomic E-state index is -0.135. The molecule has 26 heavy (non-hydrogen) atoms. The SMILES string of the molecule is CNc1ccc(C(=O)Nc2ccc(-c3nc4cccnc4s3)cc2)cc1. The fourth-order valence-electron chi connectivity index (χ4n) is 2.58. The van der Waals surface area contributed by atoms with Crippen LogP contribution in [0.2, 0.25) is 0 Å². The Labute approximate surface area is 154 Å². The average molecular weight is 360 g/mol. The quantitative estimate of drug-likeness (QED) is 0.556. The topological polar surface area (TPSA) is 66.9 Å². The first kappa shape index (κ1) is 16.2. The number of thiazole rings is 1. The summed E-state index contributed by atoms with van der Waals surface area (Å²) >= 11 is 1.55. The predicted octanol–water partition coefficient (Wildman–Crippen LogP) is 4.65. The molecule has 0 aliphatic heterocycles. The van der Waals surface area contributed by atoms with E-state index in [2.05, 4.69) is 20.6 Å². The van der Waals surface area contributed by atoms with Crippen molar-refractivity contribution in [1.29, 1.82) is 0 Å². The second-order valence-electron chi connectivity index (χ2n) is 5.71. The van der Waals surface area contributed by atoms with Gasteiger partial charge in [-0.15, -0.1) is 0 Å². The summed E-state index contributed by atoms with van der Waals surface area (Å²) in [4.78, 5) is 22.2. The van der Waals surface area contributed by atoms with Gasteiger partial charge in [0.2, 0.25) is 0 Å². The number of benzene rings is 2. The molecule has 0 spiro atoms. The lowest BCUT2D eigenvalue weighted by atomic mass is 10.1. The van der Waals surface area contributed by atoms with Crippen LogP contribution in [0, 0.1) is 0 Å². The smallest absolute Gasteiger partial charge is 0.255 e. The third-order valence-corrected chi connectivity index (χ3v) is 5.02. The molecule has 0 fully saturated rings. The van der Waals surface area contributed by atoms with Gasteiger partial charge in [-0.1, -0.05) is 11.3 Å². The van der Waals surface area contributed by atoms with Gasteiger partial charge in [-0.05, 0) is 60.7 Å². The third-order valence-electron chi connectivity index (χ3n) is 3.99. The molecule has 0 bridgehead atoms. The normalized spacial score (nSPS) is 10.7. The van der Waals surface area contributed by atoms with Crippen LogP contribution in [0.25, 0.3) is 20.9 Å². The second-order valence-corrected chi connectivity index (χ2v) is 6.68. The number of nitrogens with zero attached hydrogens (tertiary/aromatic N) is 2. The maximum Gasteiger partial charge on any atom is 0.255 e. The first-order valence-corrected chi connectivity index (χ1v) is 8.96. The van der Waals surface area contributed by atoms with E-state index in [0.29, 0.717) is 5.56 Å². The Bertz CT molecular complexity index is 1020. The van der Waals surface area contributed by atoms with Gasteiger partial charge < -0.3 is 10.6 Å². The lowest BCUT2D eigenvalue weighted by Gasteiger charge is -2.07. The number of hydrogen-bond donors (Lipinski definition) is 2. The van der Waals surface area contributed by atoms with Gasteiger partial charge in [0, 0.05) is 35.7 Å². The van der Waals surface area contributed by atoms with E-state index in [-0.39, 0.29) is 5.91 Å². The number of carbonyl (C=O) groups excluding carboxylic acids is 1. The minimum Gasteiger partial charge on any atom is -0.388 e. The van der Waals surface area contributed by atoms with Gasteiger partial charge >= 0.3 is 0 Å². The van der Waals surface area contributed by atoms with Crippen molar-refractivity contribution >= 4 is 39.0 Å². The molecule has 0 aliphatic carbocycles. The molecule has 2 aromatic heterocycles. The summed E-state index contributed by atoms with van der Waals surface area (Å²) in [6.07, 6.45) is 1.77. The highest BCUT2D eigenvalue weighted by Crippen LogP contribution is 2.29. The van der Waals surface area contributed by atoms with Crippen LogP contribution in [-0.2, 0) is 0 Å². The summed E-state index contributed by atoms with van der Waals surface area (Å²) in [6.45, 7) is 0. The zero-order valence-corrected chi connectivity index (χ0v) is 14.9. The first-order valence-electron chi connectivity index (χ1n) is 8.14. The second kappa shape index (κ2) is 6.93. The molecule has 0 atom stereocenters. The van der Waals surface area contributed by atoms with Crippen LogP contribution in [0.4, 0.5) is 11.4 Å². The maximum atomic E-state index is 12.3. The van der Waals surface area contributed by atoms with E-state index < -0.39 is 0 Å². The Balaban J connectivity index is 1.50. The molecule has 2 N–H and O–H groups in total. The highest BCUT2D eigenvalue weighted by atomic mass is 32.1. The van der Waals surface area contributed by atoms with Crippen molar-refractivity contribution in [2.24, 2.45) is 0 Å². The molecular formula is C20H16N4OS. The molecule has 2 aromatic carbocycles. The number of amides is 1. The number of carbonyl (C=O) groups is 1. The Morgan fingerprint density at radius 1 is 0.962 bits per heavy atom. The number of pyridine rings is 1. The molecule has 2 heterocycles. The highest BCUT2D eigenvalue weighted by molar-refractivity contribution is 7.21. The van der Waals surface area contributed by atoms with Gasteiger partial charge in [-0.3, -0.25) is 4.79 Å². The number of rotatable bonds is 4. The summed E-state index contributed by atoms with van der Waals surface area (Å²) < 4.78 is 0. The molecule has 0 saturated carbocycles. The van der Waals surface area contributed by atoms with Crippen LogP contribution in [0.5, 0.6) is 0 Å². The number of aromatic nitrogens is 2. The van der Waals surface area contributed by atoms with Crippen LogP contribution >= 0.6 is 11.3 Å². The molecule has 128 valence electrons. The summed E-state index contributed by atoms with van der Waals surface area (Å²) in [6, 6.07) is 18.9. The molecule has 1 amide bonds. The van der Waals surface area contributed by atoms with Crippen LogP contribution in [0.1, 0.15) is 10.4 Å². The van der Waals surface area contributed by atoms with E-state index in [1.807, 2.05) is 55.6 Å². The van der Waals surface area contributed by atoms with Crippen LogP contribution < -0.4 is 10.6 Å².